The minimum Gasteiger partial charge on any atom is -0.481 e. The molecule has 42 heteroatoms. The summed E-state index contributed by atoms with van der Waals surface area (Å²) in [6.45, 7) is 11.4. The molecular weight excluding hydrogens is 1950 g/mol. The quantitative estimate of drug-likeness (QED) is 0.0187. The molecule has 33 nitrogen and oxygen atoms in total. The number of anilines is 3. The lowest BCUT2D eigenvalue weighted by Crippen LogP contribution is -2.53. The van der Waals surface area contributed by atoms with Crippen molar-refractivity contribution in [2.75, 3.05) is 133 Å². The van der Waals surface area contributed by atoms with Crippen molar-refractivity contribution >= 4 is 173 Å². The zero-order valence-corrected chi connectivity index (χ0v) is 80.6. The number of carbonyl (C=O) groups excluding carboxylic acids is 6. The maximum absolute atomic E-state index is 14.1. The molecule has 0 aliphatic carbocycles. The van der Waals surface area contributed by atoms with Crippen molar-refractivity contribution in [2.45, 2.75) is 88.6 Å². The molecule has 6 amide bonds. The Morgan fingerprint density at radius 1 is 0.438 bits per heavy atom. The first-order chi connectivity index (χ1) is 66.1. The maximum atomic E-state index is 14.1. The molecule has 6 N–H and O–H groups in total. The van der Waals surface area contributed by atoms with E-state index in [0.717, 1.165) is 33.8 Å². The zero-order valence-electron chi connectivity index (χ0n) is 74.3. The molecule has 18 rings (SSSR count). The summed E-state index contributed by atoms with van der Waals surface area (Å²) in [5, 5.41) is 45.4. The second-order valence-electron chi connectivity index (χ2n) is 33.2. The Bertz CT molecular complexity index is 6020. The average Bonchev–Trinajstić information content (AvgIpc) is 1.36. The Hall–Kier alpha value is -12.4. The minimum atomic E-state index is -0.856. The van der Waals surface area contributed by atoms with E-state index in [0.29, 0.717) is 209 Å². The number of thiazole rings is 3. The van der Waals surface area contributed by atoms with E-state index in [1.807, 2.05) is 104 Å². The summed E-state index contributed by atoms with van der Waals surface area (Å²) in [5.41, 5.74) is 9.50. The second-order valence-corrected chi connectivity index (χ2v) is 38.0. The second kappa shape index (κ2) is 43.9. The van der Waals surface area contributed by atoms with Gasteiger partial charge in [-0.15, -0.1) is 34.0 Å². The lowest BCUT2D eigenvalue weighted by Gasteiger charge is -2.38. The standard InChI is InChI=1S/C32H32BrFN6O5S.C32H32ClFN6O5S.C31H30Cl2N6O5S/c2*1-2-45-31(43)27-25(36-29(30-35-11-14-46-30)37-28(27)23-9-6-20(34)15-24(23)33)18-38-12-13-39-22(16-38)17-40(32(39)44)21-7-3-19(4-8-21)5-10-26(41)42;1-44-30(42)26-24(35-28(29-34-10-13-45-29)36-27(26)22-8-5-19(32)14-23(22)33)17-37-11-12-38-21(15-37)16-39(31(38)43)20-6-2-18(3-7-20)4-9-25(40)41/h2*3-4,6-9,11,14-15,22,28H,2,5,10,12-13,16-18H2,1H3,(H,36,37)(H,41,42);2-3,5-8,10,13-14,21,27H,4,9,11-12,15-17H2,1H3,(H,35,36)(H,40,41)/t2*22-,28-;21-,27-/m000/s1. The van der Waals surface area contributed by atoms with Gasteiger partial charge in [-0.1, -0.05) is 105 Å². The van der Waals surface area contributed by atoms with Crippen molar-refractivity contribution in [1.82, 2.24) is 60.3 Å². The summed E-state index contributed by atoms with van der Waals surface area (Å²) < 4.78 is 44.8. The van der Waals surface area contributed by atoms with Crippen LogP contribution in [-0.4, -0.2) is 268 Å². The van der Waals surface area contributed by atoms with Crippen molar-refractivity contribution in [3.63, 3.8) is 0 Å². The number of methoxy groups -OCH3 is 1. The molecular formula is C95H94BrCl3F2N18O15S3. The molecule has 6 fully saturated rings. The summed E-state index contributed by atoms with van der Waals surface area (Å²) in [6.07, 6.45) is 6.49. The number of nitrogens with one attached hydrogen (secondary N) is 3. The first-order valence-electron chi connectivity index (χ1n) is 44.2. The molecule has 3 aromatic heterocycles. The van der Waals surface area contributed by atoms with Crippen LogP contribution in [0.1, 0.15) is 99.6 Å². The predicted molar refractivity (Wildman–Crippen MR) is 518 cm³/mol. The number of carboxylic acids is 3. The van der Waals surface area contributed by atoms with Crippen LogP contribution in [0.25, 0.3) is 0 Å². The normalized spacial score (nSPS) is 20.0. The average molecular weight is 2050 g/mol. The first kappa shape index (κ1) is 97.6. The van der Waals surface area contributed by atoms with Crippen molar-refractivity contribution in [3.05, 3.63) is 276 Å². The number of benzene rings is 6. The summed E-state index contributed by atoms with van der Waals surface area (Å²) >= 11 is 27.0. The Morgan fingerprint density at radius 2 is 0.766 bits per heavy atom. The number of amides is 6. The number of amidine groups is 3. The van der Waals surface area contributed by atoms with E-state index in [1.165, 1.54) is 71.5 Å². The largest absolute Gasteiger partial charge is 0.481 e. The van der Waals surface area contributed by atoms with Crippen LogP contribution in [0.5, 0.6) is 0 Å². The number of esters is 3. The van der Waals surface area contributed by atoms with Crippen LogP contribution in [0.2, 0.25) is 15.1 Å². The van der Waals surface area contributed by atoms with Gasteiger partial charge in [0.25, 0.3) is 0 Å². The van der Waals surface area contributed by atoms with Gasteiger partial charge in [0.1, 0.15) is 29.8 Å². The molecule has 6 saturated heterocycles. The summed E-state index contributed by atoms with van der Waals surface area (Å²) in [6, 6.07) is 33.0. The van der Waals surface area contributed by atoms with E-state index < -0.39 is 65.6 Å². The third-order valence-corrected chi connectivity index (χ3v) is 28.4. The van der Waals surface area contributed by atoms with Crippen LogP contribution in [-0.2, 0) is 62.2 Å². The monoisotopic (exact) mass is 2040 g/mol. The molecule has 9 aliphatic heterocycles. The summed E-state index contributed by atoms with van der Waals surface area (Å²) in [4.78, 5) is 159. The molecule has 0 saturated carbocycles. The highest BCUT2D eigenvalue weighted by Crippen LogP contribution is 2.43. The van der Waals surface area contributed by atoms with Crippen molar-refractivity contribution in [1.29, 1.82) is 0 Å². The number of aromatic nitrogens is 3. The van der Waals surface area contributed by atoms with Crippen LogP contribution in [0.4, 0.5) is 40.2 Å². The molecule has 714 valence electrons. The molecule has 6 atom stereocenters. The van der Waals surface area contributed by atoms with E-state index in [4.69, 9.17) is 79.3 Å². The van der Waals surface area contributed by atoms with Gasteiger partial charge in [-0.2, -0.15) is 0 Å². The summed E-state index contributed by atoms with van der Waals surface area (Å²) in [7, 11) is 1.34. The molecule has 0 spiro atoms. The predicted octanol–water partition coefficient (Wildman–Crippen LogP) is 13.7. The van der Waals surface area contributed by atoms with Crippen LogP contribution in [0.15, 0.2) is 215 Å². The number of carboxylic acid groups (broad SMARTS) is 3. The van der Waals surface area contributed by atoms with Gasteiger partial charge in [0.15, 0.2) is 32.5 Å². The van der Waals surface area contributed by atoms with Crippen molar-refractivity contribution in [2.24, 2.45) is 15.0 Å². The van der Waals surface area contributed by atoms with Gasteiger partial charge in [0.2, 0.25) is 0 Å². The van der Waals surface area contributed by atoms with Crippen LogP contribution >= 0.6 is 84.7 Å². The number of ether oxygens (including phenoxy) is 3. The number of nitrogens with zero attached hydrogens (tertiary/aromatic N) is 15. The Morgan fingerprint density at radius 3 is 1.08 bits per heavy atom. The fourth-order valence-electron chi connectivity index (χ4n) is 17.9. The molecule has 12 heterocycles. The van der Waals surface area contributed by atoms with Crippen LogP contribution < -0.4 is 30.7 Å². The smallest absolute Gasteiger partial charge is 0.338 e. The number of piperazine rings is 3. The molecule has 6 aromatic carbocycles. The molecule has 9 aromatic rings. The number of hydrogen-bond donors (Lipinski definition) is 6. The highest BCUT2D eigenvalue weighted by atomic mass is 79.9. The third kappa shape index (κ3) is 22.7. The SMILES string of the molecule is CCOC(=O)C1=C(CN2CCN3C(=O)N(c4ccc(CCC(=O)O)cc4)C[C@@H]3C2)NC(c2nccs2)=N[C@H]1c1ccc(F)cc1Br.CCOC(=O)C1=C(CN2CCN3C(=O)N(c4ccc(CCC(=O)O)cc4)C[C@@H]3C2)NC(c2nccs2)=N[C@H]1c1ccc(F)cc1Cl.COC(=O)C1=C(CN2CCN3C(=O)N(c4ccc(CCC(=O)O)cc4)C[C@@H]3C2)NC(c2nccs2)=N[C@H]1c1ccc(Cl)cc1Cl. The number of aliphatic carboxylic acids is 3. The van der Waals surface area contributed by atoms with Crippen LogP contribution in [0.3, 0.4) is 0 Å². The number of aryl methyl sites for hydroxylation is 3. The number of fused-ring (bicyclic) bond motifs is 3. The molecule has 0 bridgehead atoms. The van der Waals surface area contributed by atoms with Gasteiger partial charge < -0.3 is 60.2 Å². The van der Waals surface area contributed by atoms with E-state index in [1.54, 1.807) is 71.4 Å². The number of hydrogen-bond acceptors (Lipinski definition) is 27. The number of urea groups is 3. The fraction of sp³-hybridized carbons (Fsp3) is 0.337. The Balaban J connectivity index is 0.000000149. The highest BCUT2D eigenvalue weighted by molar-refractivity contribution is 9.10. The van der Waals surface area contributed by atoms with E-state index in [2.05, 4.69) is 61.5 Å². The summed E-state index contributed by atoms with van der Waals surface area (Å²) in [5.74, 6) is -3.55. The van der Waals surface area contributed by atoms with Crippen molar-refractivity contribution in [3.8, 4) is 0 Å². The van der Waals surface area contributed by atoms with Gasteiger partial charge >= 0.3 is 53.9 Å². The molecule has 9 aliphatic rings. The zero-order chi connectivity index (χ0) is 96.4. The highest BCUT2D eigenvalue weighted by Gasteiger charge is 2.47. The Labute approximate surface area is 821 Å². The number of carbonyl (C=O) groups is 9. The Kier molecular flexibility index (Phi) is 31.3. The maximum Gasteiger partial charge on any atom is 0.338 e. The lowest BCUT2D eigenvalue weighted by atomic mass is 9.95. The minimum absolute atomic E-state index is 0.0473. The molecule has 0 unspecified atom stereocenters. The van der Waals surface area contributed by atoms with Gasteiger partial charge in [-0.05, 0) is 128 Å². The van der Waals surface area contributed by atoms with Crippen LogP contribution in [0, 0.1) is 11.6 Å². The van der Waals surface area contributed by atoms with E-state index >= 15 is 0 Å². The lowest BCUT2D eigenvalue weighted by molar-refractivity contribution is -0.139. The third-order valence-electron chi connectivity index (χ3n) is 24.5. The number of rotatable bonds is 29. The van der Waals surface area contributed by atoms with E-state index in [9.17, 15) is 51.9 Å². The molecule has 137 heavy (non-hydrogen) atoms. The van der Waals surface area contributed by atoms with Crippen molar-refractivity contribution < 1.29 is 81.5 Å². The number of aliphatic imine (C=N–C) groups is 3. The number of halogens is 6. The van der Waals surface area contributed by atoms with Gasteiger partial charge in [-0.25, -0.2) is 52.5 Å². The van der Waals surface area contributed by atoms with E-state index in [-0.39, 0.29) is 79.3 Å². The van der Waals surface area contributed by atoms with Gasteiger partial charge in [0.05, 0.1) is 55.2 Å². The van der Waals surface area contributed by atoms with Gasteiger partial charge in [0, 0.05) is 217 Å². The topological polar surface area (TPSA) is 383 Å². The fourth-order valence-corrected chi connectivity index (χ4v) is 21.1. The molecule has 0 radical (unpaired) electrons. The van der Waals surface area contributed by atoms with Gasteiger partial charge in [-0.3, -0.25) is 58.8 Å². The first-order valence-corrected chi connectivity index (χ1v) is 48.8.